The van der Waals surface area contributed by atoms with Gasteiger partial charge in [-0.05, 0) is 91.2 Å². The van der Waals surface area contributed by atoms with Crippen LogP contribution >= 0.6 is 12.2 Å². The van der Waals surface area contributed by atoms with E-state index in [1.165, 1.54) is 62.7 Å². The molecule has 0 saturated carbocycles. The number of para-hydroxylation sites is 1. The van der Waals surface area contributed by atoms with Gasteiger partial charge in [-0.15, -0.1) is 0 Å². The van der Waals surface area contributed by atoms with Gasteiger partial charge in [-0.3, -0.25) is 24.5 Å². The fourth-order valence-electron chi connectivity index (χ4n) is 8.62. The van der Waals surface area contributed by atoms with Crippen LogP contribution in [0, 0.1) is 11.8 Å². The van der Waals surface area contributed by atoms with E-state index < -0.39 is 11.9 Å². The molecule has 19 heteroatoms. The van der Waals surface area contributed by atoms with E-state index in [0.29, 0.717) is 71.9 Å². The number of furan rings is 1. The van der Waals surface area contributed by atoms with Gasteiger partial charge in [-0.2, -0.15) is 18.3 Å². The van der Waals surface area contributed by atoms with Crippen molar-refractivity contribution in [1.29, 1.82) is 0 Å². The van der Waals surface area contributed by atoms with Crippen LogP contribution in [0.1, 0.15) is 108 Å². The van der Waals surface area contributed by atoms with Crippen LogP contribution < -0.4 is 24.0 Å². The van der Waals surface area contributed by atoms with Crippen LogP contribution in [-0.2, 0) is 35.2 Å². The van der Waals surface area contributed by atoms with Crippen LogP contribution in [0.5, 0.6) is 23.0 Å². The van der Waals surface area contributed by atoms with Crippen molar-refractivity contribution in [2.45, 2.75) is 97.1 Å². The number of isothiocyanates is 1. The van der Waals surface area contributed by atoms with Crippen molar-refractivity contribution in [3.05, 3.63) is 156 Å². The molecule has 3 aromatic carbocycles. The first-order chi connectivity index (χ1) is 39.5. The SMILES string of the molecule is CCCCCCCCOc1cccc(OCCCCCCCC)c1-c1ccnc(-c2cc(C(F)(F)F)n[n-]2)c1.O=COc1ccnc(-c2cc(OC=O)cc(-c3cc(C#Cc4ccc5oc6ccccc6c5c4)ccn3)n2)c1.[N-]=C=S.[Ru+2]. The van der Waals surface area contributed by atoms with Crippen molar-refractivity contribution in [3.8, 4) is 80.1 Å². The molecule has 0 atom stereocenters. The summed E-state index contributed by atoms with van der Waals surface area (Å²) in [6.07, 6.45) is 14.1. The molecule has 0 radical (unpaired) electrons. The molecule has 0 spiro atoms. The maximum Gasteiger partial charge on any atom is 2.00 e. The summed E-state index contributed by atoms with van der Waals surface area (Å²) in [5.41, 5.74) is 5.87. The number of fused-ring (bicyclic) bond motifs is 3. The van der Waals surface area contributed by atoms with Gasteiger partial charge < -0.3 is 39.0 Å². The molecule has 0 aliphatic rings. The number of unbranched alkanes of at least 4 members (excludes halogenated alkanes) is 10. The van der Waals surface area contributed by atoms with Crippen molar-refractivity contribution < 1.29 is 65.6 Å². The summed E-state index contributed by atoms with van der Waals surface area (Å²) in [7, 11) is 0. The second kappa shape index (κ2) is 32.7. The third kappa shape index (κ3) is 18.3. The van der Waals surface area contributed by atoms with Crippen LogP contribution in [0.4, 0.5) is 13.2 Å². The molecular formula is C63H58F3N7O7RuS. The van der Waals surface area contributed by atoms with E-state index in [-0.39, 0.29) is 30.9 Å². The van der Waals surface area contributed by atoms with E-state index in [1.807, 2.05) is 66.7 Å². The summed E-state index contributed by atoms with van der Waals surface area (Å²) < 4.78 is 67.6. The van der Waals surface area contributed by atoms with Crippen molar-refractivity contribution in [3.63, 3.8) is 0 Å². The van der Waals surface area contributed by atoms with Gasteiger partial charge in [0.2, 0.25) is 0 Å². The normalized spacial score (nSPS) is 10.6. The Hall–Kier alpha value is -8.42. The first kappa shape index (κ1) is 62.8. The Bertz CT molecular complexity index is 3580. The number of halogens is 3. The zero-order chi connectivity index (χ0) is 57.2. The van der Waals surface area contributed by atoms with Crippen LogP contribution in [0.15, 0.2) is 138 Å². The molecule has 0 bridgehead atoms. The fraction of sp³-hybridized carbons (Fsp3) is 0.270. The third-order valence-corrected chi connectivity index (χ3v) is 12.6. The van der Waals surface area contributed by atoms with Crippen molar-refractivity contribution >= 4 is 52.3 Å². The summed E-state index contributed by atoms with van der Waals surface area (Å²) >= 11 is 3.70. The van der Waals surface area contributed by atoms with Crippen molar-refractivity contribution in [1.82, 2.24) is 30.1 Å². The molecule has 0 unspecified atom stereocenters. The molecule has 9 aromatic rings. The smallest absolute Gasteiger partial charge is 0.753 e. The molecule has 0 fully saturated rings. The zero-order valence-electron chi connectivity index (χ0n) is 45.1. The number of hydrogen-bond donors (Lipinski definition) is 0. The Balaban J connectivity index is 0.000000249. The minimum atomic E-state index is -4.56. The molecule has 6 heterocycles. The number of rotatable bonds is 24. The second-order valence-corrected chi connectivity index (χ2v) is 18.5. The van der Waals surface area contributed by atoms with Gasteiger partial charge in [0.25, 0.3) is 12.9 Å². The Labute approximate surface area is 491 Å². The number of thiocarbonyl (C=S) groups is 1. The van der Waals surface area contributed by atoms with Gasteiger partial charge in [0.15, 0.2) is 0 Å². The van der Waals surface area contributed by atoms with E-state index in [1.54, 1.807) is 54.9 Å². The number of nitrogens with zero attached hydrogens (tertiary/aromatic N) is 7. The standard InChI is InChI=1S/C31H41F3N3O2.C31H17N3O5.CNS.Ru/c1-3-5-7-9-11-13-20-38-27-16-15-17-28(39-21-14-12-10-8-6-4-2)30(27)24-18-19-35-25(22-24)26-23-29(37-36-26)31(32,33)34;35-18-37-22-10-12-33-27(15-22)29-17-23(38-19-36)16-28(34-29)26-14-21(9-11-32-26)6-5-20-7-8-31-25(13-20)24-3-1-2-4-30(24)39-31;2-1-3;/h15-19,22-23H,3-14,20-21H2,1-2H3;1-4,7-19H;;/q-1;;-1;+2. The molecule has 0 aliphatic heterocycles. The number of pyridine rings is 4. The van der Waals surface area contributed by atoms with Crippen LogP contribution in [0.25, 0.3) is 72.6 Å². The van der Waals surface area contributed by atoms with Gasteiger partial charge in [0, 0.05) is 64.4 Å². The first-order valence-corrected chi connectivity index (χ1v) is 27.0. The van der Waals surface area contributed by atoms with Crippen LogP contribution in [0.3, 0.4) is 0 Å². The van der Waals surface area contributed by atoms with E-state index in [2.05, 4.69) is 68.0 Å². The van der Waals surface area contributed by atoms with Gasteiger partial charge >= 0.3 is 25.7 Å². The minimum absolute atomic E-state index is 0. The van der Waals surface area contributed by atoms with Gasteiger partial charge in [-0.1, -0.05) is 132 Å². The van der Waals surface area contributed by atoms with E-state index in [9.17, 15) is 22.8 Å². The number of carbonyl (C=O) groups is 2. The summed E-state index contributed by atoms with van der Waals surface area (Å²) in [5, 5.41) is 17.5. The quantitative estimate of drug-likeness (QED) is 0.0139. The van der Waals surface area contributed by atoms with E-state index in [4.69, 9.17) is 28.8 Å². The number of carbonyl (C=O) groups excluding carboxylic acids is 2. The molecule has 0 aliphatic carbocycles. The average Bonchev–Trinajstić information content (AvgIpc) is 4.35. The predicted molar refractivity (Wildman–Crippen MR) is 309 cm³/mol. The fourth-order valence-corrected chi connectivity index (χ4v) is 8.62. The molecule has 9 rings (SSSR count). The van der Waals surface area contributed by atoms with E-state index in [0.717, 1.165) is 75.9 Å². The molecular weight excluding hydrogens is 1160 g/mol. The Morgan fingerprint density at radius 2 is 1.15 bits per heavy atom. The second-order valence-electron chi connectivity index (χ2n) is 18.4. The molecule has 422 valence electrons. The van der Waals surface area contributed by atoms with Crippen LogP contribution in [-0.4, -0.2) is 56.4 Å². The summed E-state index contributed by atoms with van der Waals surface area (Å²) in [6.45, 7) is 6.24. The predicted octanol–water partition coefficient (Wildman–Crippen LogP) is 15.5. The number of aromatic nitrogens is 6. The van der Waals surface area contributed by atoms with Crippen molar-refractivity contribution in [2.24, 2.45) is 0 Å². The summed E-state index contributed by atoms with van der Waals surface area (Å²) in [5.74, 6) is 8.33. The third-order valence-electron chi connectivity index (χ3n) is 12.6. The summed E-state index contributed by atoms with van der Waals surface area (Å²) in [6, 6.07) is 33.8. The summed E-state index contributed by atoms with van der Waals surface area (Å²) in [4.78, 5) is 39.4. The Kier molecular flexibility index (Phi) is 25.1. The number of alkyl halides is 3. The average molecular weight is 1220 g/mol. The van der Waals surface area contributed by atoms with Crippen molar-refractivity contribution in [2.75, 3.05) is 13.2 Å². The van der Waals surface area contributed by atoms with Crippen LogP contribution in [0.2, 0.25) is 0 Å². The number of hydrogen-bond acceptors (Lipinski definition) is 13. The largest absolute Gasteiger partial charge is 2.00 e. The molecule has 14 nitrogen and oxygen atoms in total. The topological polar surface area (TPSA) is 185 Å². The molecule has 6 aromatic heterocycles. The number of ether oxygens (including phenoxy) is 4. The molecule has 0 saturated heterocycles. The minimum Gasteiger partial charge on any atom is -0.753 e. The van der Waals surface area contributed by atoms with Gasteiger partial charge in [0.05, 0.1) is 41.6 Å². The Morgan fingerprint density at radius 3 is 1.78 bits per heavy atom. The molecule has 0 N–H and O–H groups in total. The van der Waals surface area contributed by atoms with E-state index >= 15 is 0 Å². The maximum absolute atomic E-state index is 13.1. The van der Waals surface area contributed by atoms with Gasteiger partial charge in [-0.25, -0.2) is 4.98 Å². The van der Waals surface area contributed by atoms with Gasteiger partial charge in [0.1, 0.15) is 39.9 Å². The molecule has 82 heavy (non-hydrogen) atoms. The molecule has 0 amide bonds. The Morgan fingerprint density at radius 1 is 0.598 bits per heavy atom. The monoisotopic (exact) mass is 1220 g/mol. The zero-order valence-corrected chi connectivity index (χ0v) is 47.7. The first-order valence-electron chi connectivity index (χ1n) is 26.6. The maximum atomic E-state index is 13.1. The number of benzene rings is 3.